The van der Waals surface area contributed by atoms with Gasteiger partial charge in [-0.3, -0.25) is 4.79 Å². The van der Waals surface area contributed by atoms with E-state index in [1.807, 2.05) is 13.8 Å². The van der Waals surface area contributed by atoms with E-state index in [9.17, 15) is 14.7 Å². The van der Waals surface area contributed by atoms with Gasteiger partial charge in [-0.15, -0.1) is 0 Å². The Morgan fingerprint density at radius 3 is 2.35 bits per heavy atom. The zero-order valence-corrected chi connectivity index (χ0v) is 23.2. The van der Waals surface area contributed by atoms with Crippen LogP contribution in [0, 0.1) is 16.7 Å². The normalized spacial score (nSPS) is 21.4. The minimum absolute atomic E-state index is 0.152. The van der Waals surface area contributed by atoms with Crippen molar-refractivity contribution in [3.63, 3.8) is 0 Å². The average Bonchev–Trinajstić information content (AvgIpc) is 3.08. The summed E-state index contributed by atoms with van der Waals surface area (Å²) in [4.78, 5) is 25.2. The molecule has 0 saturated heterocycles. The SMILES string of the molecule is COCOC[C@]1(C)CC[C@H](C(=O)N[C@H](Cc2ccc(OCc3c(Cl)cccc3Cl)cc2)C(=O)O)C1(C)C. The topological polar surface area (TPSA) is 94.1 Å². The van der Waals surface area contributed by atoms with Gasteiger partial charge in [0, 0.05) is 35.1 Å². The van der Waals surface area contributed by atoms with Gasteiger partial charge in [0.1, 0.15) is 25.2 Å². The van der Waals surface area contributed by atoms with Crippen LogP contribution in [0.25, 0.3) is 0 Å². The van der Waals surface area contributed by atoms with Crippen LogP contribution in [0.2, 0.25) is 10.0 Å². The number of carboxylic acid groups (broad SMARTS) is 1. The number of hydrogen-bond donors (Lipinski definition) is 2. The summed E-state index contributed by atoms with van der Waals surface area (Å²) in [6, 6.07) is 11.3. The number of amides is 1. The van der Waals surface area contributed by atoms with Crippen LogP contribution < -0.4 is 10.1 Å². The summed E-state index contributed by atoms with van der Waals surface area (Å²) in [6.07, 6.45) is 1.62. The van der Waals surface area contributed by atoms with E-state index in [0.717, 1.165) is 12.0 Å². The monoisotopic (exact) mass is 551 g/mol. The largest absolute Gasteiger partial charge is 0.489 e. The zero-order valence-electron chi connectivity index (χ0n) is 21.7. The van der Waals surface area contributed by atoms with Crippen molar-refractivity contribution < 1.29 is 28.9 Å². The van der Waals surface area contributed by atoms with Gasteiger partial charge >= 0.3 is 5.97 Å². The second-order valence-corrected chi connectivity index (χ2v) is 11.2. The minimum atomic E-state index is -1.08. The number of ether oxygens (including phenoxy) is 3. The summed E-state index contributed by atoms with van der Waals surface area (Å²) < 4.78 is 16.4. The van der Waals surface area contributed by atoms with Crippen molar-refractivity contribution in [2.24, 2.45) is 16.7 Å². The quantitative estimate of drug-likeness (QED) is 0.257. The molecule has 0 bridgehead atoms. The van der Waals surface area contributed by atoms with Gasteiger partial charge in [-0.05, 0) is 53.5 Å². The van der Waals surface area contributed by atoms with Crippen molar-refractivity contribution in [3.8, 4) is 5.75 Å². The predicted octanol–water partition coefficient (Wildman–Crippen LogP) is 5.75. The summed E-state index contributed by atoms with van der Waals surface area (Å²) in [5.74, 6) is -1.05. The van der Waals surface area contributed by atoms with Crippen LogP contribution in [0.1, 0.15) is 44.7 Å². The van der Waals surface area contributed by atoms with E-state index in [1.165, 1.54) is 0 Å². The van der Waals surface area contributed by atoms with Crippen LogP contribution in [0.3, 0.4) is 0 Å². The highest BCUT2D eigenvalue weighted by Gasteiger charge is 2.54. The molecule has 1 aliphatic rings. The van der Waals surface area contributed by atoms with Crippen LogP contribution in [-0.4, -0.2) is 43.5 Å². The summed E-state index contributed by atoms with van der Waals surface area (Å²) in [5, 5.41) is 13.6. The Kier molecular flexibility index (Phi) is 9.86. The molecule has 0 aliphatic heterocycles. The number of carboxylic acids is 1. The van der Waals surface area contributed by atoms with Gasteiger partial charge in [0.15, 0.2) is 0 Å². The molecule has 1 aliphatic carbocycles. The Morgan fingerprint density at radius 2 is 1.76 bits per heavy atom. The number of aliphatic carboxylic acids is 1. The van der Waals surface area contributed by atoms with Gasteiger partial charge < -0.3 is 24.6 Å². The van der Waals surface area contributed by atoms with E-state index in [2.05, 4.69) is 12.2 Å². The molecule has 1 saturated carbocycles. The molecule has 202 valence electrons. The molecule has 0 radical (unpaired) electrons. The second kappa shape index (κ2) is 12.5. The first-order chi connectivity index (χ1) is 17.5. The molecule has 3 rings (SSSR count). The van der Waals surface area contributed by atoms with Gasteiger partial charge in [-0.25, -0.2) is 4.79 Å². The van der Waals surface area contributed by atoms with Crippen molar-refractivity contribution in [2.45, 2.75) is 52.7 Å². The van der Waals surface area contributed by atoms with Crippen molar-refractivity contribution in [2.75, 3.05) is 20.5 Å². The Hall–Kier alpha value is -2.32. The maximum atomic E-state index is 13.2. The molecule has 1 fully saturated rings. The summed E-state index contributed by atoms with van der Waals surface area (Å²) in [6.45, 7) is 7.07. The third-order valence-electron chi connectivity index (χ3n) is 7.77. The lowest BCUT2D eigenvalue weighted by atomic mass is 9.66. The molecular formula is C28H35Cl2NO6. The van der Waals surface area contributed by atoms with Gasteiger partial charge in [0.25, 0.3) is 0 Å². The first-order valence-electron chi connectivity index (χ1n) is 12.2. The average molecular weight is 552 g/mol. The third-order valence-corrected chi connectivity index (χ3v) is 8.48. The highest BCUT2D eigenvalue weighted by molar-refractivity contribution is 6.35. The Morgan fingerprint density at radius 1 is 1.11 bits per heavy atom. The van der Waals surface area contributed by atoms with Crippen molar-refractivity contribution in [1.29, 1.82) is 0 Å². The van der Waals surface area contributed by atoms with Gasteiger partial charge in [0.2, 0.25) is 5.91 Å². The molecule has 2 aromatic carbocycles. The second-order valence-electron chi connectivity index (χ2n) is 10.4. The fraction of sp³-hybridized carbons (Fsp3) is 0.500. The zero-order chi connectivity index (χ0) is 27.2. The number of methoxy groups -OCH3 is 1. The van der Waals surface area contributed by atoms with Gasteiger partial charge in [-0.1, -0.05) is 62.2 Å². The standard InChI is InChI=1S/C28H35Cl2NO6/c1-27(2)21(12-13-28(27,3)16-36-17-35-4)25(32)31-24(26(33)34)14-18-8-10-19(11-9-18)37-15-20-22(29)6-5-7-23(20)30/h5-11,21,24H,12-17H2,1-4H3,(H,31,32)(H,33,34)/t21-,24-,28+/m1/s1. The minimum Gasteiger partial charge on any atom is -0.489 e. The fourth-order valence-electron chi connectivity index (χ4n) is 4.89. The van der Waals surface area contributed by atoms with E-state index in [1.54, 1.807) is 49.6 Å². The first kappa shape index (κ1) is 29.2. The molecule has 0 unspecified atom stereocenters. The van der Waals surface area contributed by atoms with Crippen LogP contribution >= 0.6 is 23.2 Å². The van der Waals surface area contributed by atoms with E-state index in [4.69, 9.17) is 37.4 Å². The molecule has 2 N–H and O–H groups in total. The number of halogens is 2. The first-order valence-corrected chi connectivity index (χ1v) is 13.0. The molecular weight excluding hydrogens is 517 g/mol. The van der Waals surface area contributed by atoms with E-state index in [-0.39, 0.29) is 42.5 Å². The lowest BCUT2D eigenvalue weighted by Gasteiger charge is -2.41. The van der Waals surface area contributed by atoms with Gasteiger partial charge in [0.05, 0.1) is 6.61 Å². The Bertz CT molecular complexity index is 1070. The number of carbonyl (C=O) groups is 2. The Balaban J connectivity index is 1.61. The molecule has 2 aromatic rings. The van der Waals surface area contributed by atoms with E-state index < -0.39 is 12.0 Å². The molecule has 3 atom stereocenters. The fourth-order valence-corrected chi connectivity index (χ4v) is 5.40. The van der Waals surface area contributed by atoms with Crippen LogP contribution in [0.4, 0.5) is 0 Å². The summed E-state index contributed by atoms with van der Waals surface area (Å²) in [7, 11) is 1.57. The molecule has 0 heterocycles. The molecule has 0 spiro atoms. The lowest BCUT2D eigenvalue weighted by Crippen LogP contribution is -2.49. The number of nitrogens with one attached hydrogen (secondary N) is 1. The maximum absolute atomic E-state index is 13.2. The molecule has 0 aromatic heterocycles. The van der Waals surface area contributed by atoms with Crippen LogP contribution in [0.15, 0.2) is 42.5 Å². The summed E-state index contributed by atoms with van der Waals surface area (Å²) >= 11 is 12.4. The number of benzene rings is 2. The van der Waals surface area contributed by atoms with Crippen molar-refractivity contribution in [3.05, 3.63) is 63.6 Å². The van der Waals surface area contributed by atoms with E-state index in [0.29, 0.717) is 34.4 Å². The molecule has 9 heteroatoms. The van der Waals surface area contributed by atoms with Crippen LogP contribution in [0.5, 0.6) is 5.75 Å². The number of rotatable bonds is 12. The van der Waals surface area contributed by atoms with Gasteiger partial charge in [-0.2, -0.15) is 0 Å². The molecule has 7 nitrogen and oxygen atoms in total. The number of hydrogen-bond acceptors (Lipinski definition) is 5. The van der Waals surface area contributed by atoms with Crippen molar-refractivity contribution >= 4 is 35.1 Å². The highest BCUT2D eigenvalue weighted by atomic mass is 35.5. The lowest BCUT2D eigenvalue weighted by molar-refractivity contribution is -0.144. The highest BCUT2D eigenvalue weighted by Crippen LogP contribution is 2.56. The predicted molar refractivity (Wildman–Crippen MR) is 143 cm³/mol. The third kappa shape index (κ3) is 6.96. The maximum Gasteiger partial charge on any atom is 0.326 e. The smallest absolute Gasteiger partial charge is 0.326 e. The summed E-state index contributed by atoms with van der Waals surface area (Å²) in [5.41, 5.74) is 0.854. The van der Waals surface area contributed by atoms with E-state index >= 15 is 0 Å². The Labute approximate surface area is 228 Å². The number of carbonyl (C=O) groups excluding carboxylic acids is 1. The van der Waals surface area contributed by atoms with Crippen molar-refractivity contribution in [1.82, 2.24) is 5.32 Å². The van der Waals surface area contributed by atoms with Crippen LogP contribution in [-0.2, 0) is 32.1 Å². The molecule has 37 heavy (non-hydrogen) atoms. The molecule has 1 amide bonds.